The molecule has 1 aromatic carbocycles. The Morgan fingerprint density at radius 1 is 1.31 bits per heavy atom. The Hall–Kier alpha value is -1.00. The fourth-order valence-corrected chi connectivity index (χ4v) is 1.14. The number of nitrogens with two attached hydrogens (primary N) is 2. The molecule has 1 rings (SSSR count). The SMILES string of the molecule is NCCC(N)c1ccc(F)cc1F. The lowest BCUT2D eigenvalue weighted by Crippen LogP contribution is -2.16. The van der Waals surface area contributed by atoms with E-state index in [1.165, 1.54) is 12.1 Å². The van der Waals surface area contributed by atoms with Gasteiger partial charge in [0.25, 0.3) is 0 Å². The van der Waals surface area contributed by atoms with Crippen LogP contribution in [0.25, 0.3) is 0 Å². The third-order valence-corrected chi connectivity index (χ3v) is 1.84. The van der Waals surface area contributed by atoms with Crippen molar-refractivity contribution < 1.29 is 8.78 Å². The fourth-order valence-electron chi connectivity index (χ4n) is 1.14. The molecule has 0 aliphatic heterocycles. The molecule has 13 heavy (non-hydrogen) atoms. The first kappa shape index (κ1) is 10.1. The van der Waals surface area contributed by atoms with Gasteiger partial charge in [-0.3, -0.25) is 0 Å². The van der Waals surface area contributed by atoms with Gasteiger partial charge in [-0.05, 0) is 19.0 Å². The molecule has 72 valence electrons. The van der Waals surface area contributed by atoms with Crippen LogP contribution in [0.2, 0.25) is 0 Å². The molecule has 0 aliphatic carbocycles. The zero-order valence-electron chi connectivity index (χ0n) is 7.13. The van der Waals surface area contributed by atoms with E-state index in [1.807, 2.05) is 0 Å². The quantitative estimate of drug-likeness (QED) is 0.747. The largest absolute Gasteiger partial charge is 0.330 e. The minimum Gasteiger partial charge on any atom is -0.330 e. The van der Waals surface area contributed by atoms with Crippen molar-refractivity contribution in [2.24, 2.45) is 11.5 Å². The average molecular weight is 186 g/mol. The second kappa shape index (κ2) is 4.30. The molecule has 0 aliphatic rings. The number of hydrogen-bond acceptors (Lipinski definition) is 2. The van der Waals surface area contributed by atoms with Gasteiger partial charge in [0.05, 0.1) is 0 Å². The first-order valence-electron chi connectivity index (χ1n) is 4.05. The Morgan fingerprint density at radius 2 is 2.00 bits per heavy atom. The highest BCUT2D eigenvalue weighted by Crippen LogP contribution is 2.17. The molecule has 4 heteroatoms. The van der Waals surface area contributed by atoms with E-state index >= 15 is 0 Å². The molecule has 1 atom stereocenters. The van der Waals surface area contributed by atoms with Crippen molar-refractivity contribution in [1.82, 2.24) is 0 Å². The summed E-state index contributed by atoms with van der Waals surface area (Å²) in [6.45, 7) is 0.387. The van der Waals surface area contributed by atoms with Gasteiger partial charge >= 0.3 is 0 Å². The summed E-state index contributed by atoms with van der Waals surface area (Å²) >= 11 is 0. The van der Waals surface area contributed by atoms with Crippen LogP contribution in [-0.4, -0.2) is 6.54 Å². The van der Waals surface area contributed by atoms with Crippen LogP contribution >= 0.6 is 0 Å². The van der Waals surface area contributed by atoms with Crippen molar-refractivity contribution in [1.29, 1.82) is 0 Å². The van der Waals surface area contributed by atoms with E-state index in [1.54, 1.807) is 0 Å². The van der Waals surface area contributed by atoms with Crippen LogP contribution in [0.5, 0.6) is 0 Å². The Kier molecular flexibility index (Phi) is 3.33. The predicted molar refractivity (Wildman–Crippen MR) is 47.0 cm³/mol. The molecule has 4 N–H and O–H groups in total. The molecule has 0 radical (unpaired) electrons. The zero-order valence-corrected chi connectivity index (χ0v) is 7.13. The second-order valence-corrected chi connectivity index (χ2v) is 2.85. The first-order chi connectivity index (χ1) is 6.15. The van der Waals surface area contributed by atoms with Crippen molar-refractivity contribution in [3.63, 3.8) is 0 Å². The smallest absolute Gasteiger partial charge is 0.130 e. The van der Waals surface area contributed by atoms with E-state index in [2.05, 4.69) is 0 Å². The summed E-state index contributed by atoms with van der Waals surface area (Å²) in [5, 5.41) is 0. The zero-order chi connectivity index (χ0) is 9.84. The Labute approximate surface area is 75.5 Å². The predicted octanol–water partition coefficient (Wildman–Crippen LogP) is 1.31. The second-order valence-electron chi connectivity index (χ2n) is 2.85. The van der Waals surface area contributed by atoms with Gasteiger partial charge in [0.2, 0.25) is 0 Å². The number of rotatable bonds is 3. The summed E-state index contributed by atoms with van der Waals surface area (Å²) in [6, 6.07) is 2.91. The minimum absolute atomic E-state index is 0.312. The molecule has 0 amide bonds. The Balaban J connectivity index is 2.88. The van der Waals surface area contributed by atoms with Crippen LogP contribution in [-0.2, 0) is 0 Å². The Morgan fingerprint density at radius 3 is 2.54 bits per heavy atom. The van der Waals surface area contributed by atoms with Gasteiger partial charge in [-0.25, -0.2) is 8.78 Å². The lowest BCUT2D eigenvalue weighted by Gasteiger charge is -2.11. The molecule has 1 aromatic rings. The maximum atomic E-state index is 13.1. The maximum Gasteiger partial charge on any atom is 0.130 e. The summed E-state index contributed by atoms with van der Waals surface area (Å²) < 4.78 is 25.6. The van der Waals surface area contributed by atoms with E-state index in [-0.39, 0.29) is 0 Å². The highest BCUT2D eigenvalue weighted by molar-refractivity contribution is 5.21. The lowest BCUT2D eigenvalue weighted by atomic mass is 10.0. The van der Waals surface area contributed by atoms with Gasteiger partial charge in [-0.1, -0.05) is 6.07 Å². The number of benzene rings is 1. The van der Waals surface area contributed by atoms with E-state index in [0.717, 1.165) is 6.07 Å². The molecule has 0 aromatic heterocycles. The maximum absolute atomic E-state index is 13.1. The molecule has 2 nitrogen and oxygen atoms in total. The summed E-state index contributed by atoms with van der Waals surface area (Å²) in [6.07, 6.45) is 0.489. The first-order valence-corrected chi connectivity index (χ1v) is 4.05. The molecule has 0 fully saturated rings. The summed E-state index contributed by atoms with van der Waals surface area (Å²) in [4.78, 5) is 0. The molecule has 0 bridgehead atoms. The van der Waals surface area contributed by atoms with Crippen LogP contribution in [0, 0.1) is 11.6 Å². The standard InChI is InChI=1S/C9H12F2N2/c10-6-1-2-7(8(11)5-6)9(13)3-4-12/h1-2,5,9H,3-4,12-13H2. The van der Waals surface area contributed by atoms with Crippen LogP contribution in [0.4, 0.5) is 8.78 Å². The van der Waals surface area contributed by atoms with Gasteiger partial charge in [0, 0.05) is 17.7 Å². The van der Waals surface area contributed by atoms with E-state index in [4.69, 9.17) is 11.5 Å². The lowest BCUT2D eigenvalue weighted by molar-refractivity contribution is 0.546. The van der Waals surface area contributed by atoms with E-state index < -0.39 is 17.7 Å². The molecule has 1 unspecified atom stereocenters. The normalized spacial score (nSPS) is 12.9. The van der Waals surface area contributed by atoms with Crippen molar-refractivity contribution in [3.8, 4) is 0 Å². The summed E-state index contributed by atoms with van der Waals surface area (Å²) in [5.74, 6) is -1.21. The number of hydrogen-bond donors (Lipinski definition) is 2. The van der Waals surface area contributed by atoms with E-state index in [9.17, 15) is 8.78 Å². The van der Waals surface area contributed by atoms with Crippen LogP contribution in [0.15, 0.2) is 18.2 Å². The minimum atomic E-state index is -0.610. The van der Waals surface area contributed by atoms with Gasteiger partial charge < -0.3 is 11.5 Å². The highest BCUT2D eigenvalue weighted by atomic mass is 19.1. The number of halogens is 2. The van der Waals surface area contributed by atoms with Crippen LogP contribution < -0.4 is 11.5 Å². The van der Waals surface area contributed by atoms with Crippen molar-refractivity contribution >= 4 is 0 Å². The third-order valence-electron chi connectivity index (χ3n) is 1.84. The van der Waals surface area contributed by atoms with Gasteiger partial charge in [-0.2, -0.15) is 0 Å². The van der Waals surface area contributed by atoms with Crippen molar-refractivity contribution in [3.05, 3.63) is 35.4 Å². The summed E-state index contributed by atoms with van der Waals surface area (Å²) in [5.41, 5.74) is 11.2. The van der Waals surface area contributed by atoms with Crippen LogP contribution in [0.3, 0.4) is 0 Å². The highest BCUT2D eigenvalue weighted by Gasteiger charge is 2.10. The van der Waals surface area contributed by atoms with Gasteiger partial charge in [-0.15, -0.1) is 0 Å². The third kappa shape index (κ3) is 2.47. The van der Waals surface area contributed by atoms with Crippen molar-refractivity contribution in [2.45, 2.75) is 12.5 Å². The Bertz CT molecular complexity index is 289. The molecule has 0 spiro atoms. The molecule has 0 heterocycles. The average Bonchev–Trinajstić information content (AvgIpc) is 2.04. The van der Waals surface area contributed by atoms with Crippen LogP contribution in [0.1, 0.15) is 18.0 Å². The van der Waals surface area contributed by atoms with Gasteiger partial charge in [0.15, 0.2) is 0 Å². The topological polar surface area (TPSA) is 52.0 Å². The molecule has 0 saturated carbocycles. The molecular weight excluding hydrogens is 174 g/mol. The fraction of sp³-hybridized carbons (Fsp3) is 0.333. The molecular formula is C9H12F2N2. The van der Waals surface area contributed by atoms with Gasteiger partial charge in [0.1, 0.15) is 11.6 Å². The summed E-state index contributed by atoms with van der Waals surface area (Å²) in [7, 11) is 0. The molecule has 0 saturated heterocycles. The van der Waals surface area contributed by atoms with E-state index in [0.29, 0.717) is 18.5 Å². The monoisotopic (exact) mass is 186 g/mol. The van der Waals surface area contributed by atoms with Crippen molar-refractivity contribution in [2.75, 3.05) is 6.54 Å².